The summed E-state index contributed by atoms with van der Waals surface area (Å²) in [5, 5.41) is 0.735. The van der Waals surface area contributed by atoms with E-state index in [2.05, 4.69) is 16.7 Å². The van der Waals surface area contributed by atoms with Crippen molar-refractivity contribution >= 4 is 33.0 Å². The minimum Gasteiger partial charge on any atom is -0.369 e. The zero-order valence-electron chi connectivity index (χ0n) is 16.0. The zero-order valence-corrected chi connectivity index (χ0v) is 17.6. The first kappa shape index (κ1) is 20.4. The number of rotatable bonds is 5. The van der Waals surface area contributed by atoms with Gasteiger partial charge in [0.05, 0.1) is 18.1 Å². The largest absolute Gasteiger partial charge is 0.369 e. The monoisotopic (exact) mass is 413 g/mol. The molecule has 0 radical (unpaired) electrons. The summed E-state index contributed by atoms with van der Waals surface area (Å²) >= 11 is 6.14. The van der Waals surface area contributed by atoms with Crippen molar-refractivity contribution in [1.29, 1.82) is 0 Å². The standard InChI is InChI=1S/C19H28ClN3O3S/c1-3-23(17-6-11-27(25,26)14-17)19(24)13-21-7-9-22(10-8-21)18-12-16(20)5-4-15(18)2/h4-5,12,17H,3,6-11,13-14H2,1-2H3/t17-/m0/s1. The normalized spacial score (nSPS) is 22.8. The molecule has 2 heterocycles. The van der Waals surface area contributed by atoms with Crippen LogP contribution in [0.5, 0.6) is 0 Å². The van der Waals surface area contributed by atoms with Crippen molar-refractivity contribution in [3.8, 4) is 0 Å². The Kier molecular flexibility index (Phi) is 6.33. The number of piperazine rings is 1. The number of sulfone groups is 1. The molecule has 6 nitrogen and oxygen atoms in total. The molecule has 2 aliphatic rings. The van der Waals surface area contributed by atoms with Gasteiger partial charge < -0.3 is 9.80 Å². The minimum atomic E-state index is -2.99. The number of anilines is 1. The van der Waals surface area contributed by atoms with Crippen LogP contribution in [0.1, 0.15) is 18.9 Å². The van der Waals surface area contributed by atoms with Gasteiger partial charge in [0.2, 0.25) is 5.91 Å². The van der Waals surface area contributed by atoms with Crippen LogP contribution in [0.25, 0.3) is 0 Å². The molecule has 0 bridgehead atoms. The van der Waals surface area contributed by atoms with Gasteiger partial charge in [-0.2, -0.15) is 0 Å². The topological polar surface area (TPSA) is 60.9 Å². The van der Waals surface area contributed by atoms with Gasteiger partial charge in [0.25, 0.3) is 0 Å². The molecule has 1 atom stereocenters. The Morgan fingerprint density at radius 3 is 2.56 bits per heavy atom. The van der Waals surface area contributed by atoms with E-state index in [4.69, 9.17) is 11.6 Å². The smallest absolute Gasteiger partial charge is 0.237 e. The molecule has 2 fully saturated rings. The van der Waals surface area contributed by atoms with Crippen molar-refractivity contribution < 1.29 is 13.2 Å². The summed E-state index contributed by atoms with van der Waals surface area (Å²) in [5.74, 6) is 0.333. The number of carbonyl (C=O) groups is 1. The third-order valence-corrected chi connectivity index (χ3v) is 7.54. The summed E-state index contributed by atoms with van der Waals surface area (Å²) in [5.41, 5.74) is 2.35. The fourth-order valence-electron chi connectivity index (χ4n) is 4.01. The predicted molar refractivity (Wildman–Crippen MR) is 109 cm³/mol. The molecule has 0 aliphatic carbocycles. The lowest BCUT2D eigenvalue weighted by molar-refractivity contribution is -0.134. The van der Waals surface area contributed by atoms with Crippen molar-refractivity contribution in [2.45, 2.75) is 26.3 Å². The number of nitrogens with zero attached hydrogens (tertiary/aromatic N) is 3. The molecule has 1 aromatic carbocycles. The molecule has 2 aliphatic heterocycles. The van der Waals surface area contributed by atoms with E-state index in [9.17, 15) is 13.2 Å². The molecule has 0 saturated carbocycles. The van der Waals surface area contributed by atoms with Gasteiger partial charge in [0, 0.05) is 49.5 Å². The average Bonchev–Trinajstić information content (AvgIpc) is 2.98. The third kappa shape index (κ3) is 4.95. The first-order valence-corrected chi connectivity index (χ1v) is 11.7. The zero-order chi connectivity index (χ0) is 19.6. The van der Waals surface area contributed by atoms with Gasteiger partial charge in [-0.1, -0.05) is 17.7 Å². The van der Waals surface area contributed by atoms with Gasteiger partial charge >= 0.3 is 0 Å². The van der Waals surface area contributed by atoms with Gasteiger partial charge in [-0.05, 0) is 38.0 Å². The lowest BCUT2D eigenvalue weighted by Crippen LogP contribution is -2.52. The first-order chi connectivity index (χ1) is 12.8. The summed E-state index contributed by atoms with van der Waals surface area (Å²) in [4.78, 5) is 19.0. The molecule has 27 heavy (non-hydrogen) atoms. The maximum absolute atomic E-state index is 12.7. The van der Waals surface area contributed by atoms with Gasteiger partial charge in [-0.25, -0.2) is 8.42 Å². The second-order valence-electron chi connectivity index (χ2n) is 7.43. The Labute approximate surface area is 167 Å². The maximum Gasteiger partial charge on any atom is 0.237 e. The Balaban J connectivity index is 1.55. The molecule has 0 aromatic heterocycles. The van der Waals surface area contributed by atoms with E-state index in [1.54, 1.807) is 4.90 Å². The van der Waals surface area contributed by atoms with Crippen LogP contribution in [0.15, 0.2) is 18.2 Å². The summed E-state index contributed by atoms with van der Waals surface area (Å²) in [6.07, 6.45) is 0.559. The molecule has 150 valence electrons. The lowest BCUT2D eigenvalue weighted by Gasteiger charge is -2.37. The van der Waals surface area contributed by atoms with E-state index in [0.717, 1.165) is 36.9 Å². The summed E-state index contributed by atoms with van der Waals surface area (Å²) < 4.78 is 23.5. The summed E-state index contributed by atoms with van der Waals surface area (Å²) in [6, 6.07) is 5.76. The molecule has 0 spiro atoms. The van der Waals surface area contributed by atoms with Crippen LogP contribution in [-0.2, 0) is 14.6 Å². The van der Waals surface area contributed by atoms with E-state index >= 15 is 0 Å². The highest BCUT2D eigenvalue weighted by Crippen LogP contribution is 2.25. The predicted octanol–water partition coefficient (Wildman–Crippen LogP) is 1.81. The van der Waals surface area contributed by atoms with Gasteiger partial charge in [-0.3, -0.25) is 9.69 Å². The number of hydrogen-bond donors (Lipinski definition) is 0. The molecule has 8 heteroatoms. The van der Waals surface area contributed by atoms with Crippen molar-refractivity contribution in [2.24, 2.45) is 0 Å². The molecule has 3 rings (SSSR count). The quantitative estimate of drug-likeness (QED) is 0.736. The lowest BCUT2D eigenvalue weighted by atomic mass is 10.1. The number of aryl methyl sites for hydroxylation is 1. The van der Waals surface area contributed by atoms with Crippen molar-refractivity contribution in [1.82, 2.24) is 9.80 Å². The highest BCUT2D eigenvalue weighted by atomic mass is 35.5. The highest BCUT2D eigenvalue weighted by Gasteiger charge is 2.34. The van der Waals surface area contributed by atoms with Crippen molar-refractivity contribution in [3.05, 3.63) is 28.8 Å². The fourth-order valence-corrected chi connectivity index (χ4v) is 5.91. The molecule has 1 aromatic rings. The highest BCUT2D eigenvalue weighted by molar-refractivity contribution is 7.91. The van der Waals surface area contributed by atoms with Gasteiger partial charge in [-0.15, -0.1) is 0 Å². The molecule has 0 unspecified atom stereocenters. The number of likely N-dealkylation sites (N-methyl/N-ethyl adjacent to an activating group) is 1. The second kappa shape index (κ2) is 8.37. The molecule has 1 amide bonds. The van der Waals surface area contributed by atoms with E-state index in [1.165, 1.54) is 5.56 Å². The van der Waals surface area contributed by atoms with Crippen molar-refractivity contribution in [3.63, 3.8) is 0 Å². The fraction of sp³-hybridized carbons (Fsp3) is 0.632. The number of hydrogen-bond acceptors (Lipinski definition) is 5. The SMILES string of the molecule is CCN(C(=O)CN1CCN(c2cc(Cl)ccc2C)CC1)[C@H]1CCS(=O)(=O)C1. The van der Waals surface area contributed by atoms with Gasteiger partial charge in [0.15, 0.2) is 9.84 Å². The van der Waals surface area contributed by atoms with Crippen LogP contribution in [0.2, 0.25) is 5.02 Å². The number of amides is 1. The molecule has 2 saturated heterocycles. The molecule has 0 N–H and O–H groups in total. The van der Waals surface area contributed by atoms with Crippen LogP contribution in [0.4, 0.5) is 5.69 Å². The van der Waals surface area contributed by atoms with E-state index in [-0.39, 0.29) is 23.5 Å². The van der Waals surface area contributed by atoms with Crippen LogP contribution < -0.4 is 4.90 Å². The minimum absolute atomic E-state index is 0.0342. The van der Waals surface area contributed by atoms with Gasteiger partial charge in [0.1, 0.15) is 0 Å². The maximum atomic E-state index is 12.7. The third-order valence-electron chi connectivity index (χ3n) is 5.55. The van der Waals surface area contributed by atoms with Crippen LogP contribution in [0, 0.1) is 6.92 Å². The average molecular weight is 414 g/mol. The van der Waals surface area contributed by atoms with E-state index in [0.29, 0.717) is 19.5 Å². The summed E-state index contributed by atoms with van der Waals surface area (Å²) in [7, 11) is -2.99. The molecular weight excluding hydrogens is 386 g/mol. The number of carbonyl (C=O) groups excluding carboxylic acids is 1. The number of benzene rings is 1. The van der Waals surface area contributed by atoms with Crippen LogP contribution in [-0.4, -0.2) is 80.9 Å². The van der Waals surface area contributed by atoms with Crippen LogP contribution >= 0.6 is 11.6 Å². The second-order valence-corrected chi connectivity index (χ2v) is 10.1. The van der Waals surface area contributed by atoms with Crippen molar-refractivity contribution in [2.75, 3.05) is 55.7 Å². The Morgan fingerprint density at radius 2 is 1.96 bits per heavy atom. The Hall–Kier alpha value is -1.31. The van der Waals surface area contributed by atoms with Crippen LogP contribution in [0.3, 0.4) is 0 Å². The summed E-state index contributed by atoms with van der Waals surface area (Å²) in [6.45, 7) is 8.21. The first-order valence-electron chi connectivity index (χ1n) is 9.52. The van der Waals surface area contributed by atoms with E-state index < -0.39 is 9.84 Å². The van der Waals surface area contributed by atoms with E-state index in [1.807, 2.05) is 25.1 Å². The Bertz CT molecular complexity index is 791. The Morgan fingerprint density at radius 1 is 1.26 bits per heavy atom. The number of halogens is 1. The molecular formula is C19H28ClN3O3S.